The van der Waals surface area contributed by atoms with Crippen molar-refractivity contribution in [2.75, 3.05) is 5.32 Å². The van der Waals surface area contributed by atoms with Crippen molar-refractivity contribution in [3.05, 3.63) is 52.2 Å². The topological polar surface area (TPSA) is 84.2 Å². The van der Waals surface area contributed by atoms with E-state index in [1.807, 2.05) is 17.5 Å². The molecule has 2 amide bonds. The van der Waals surface area contributed by atoms with E-state index in [4.69, 9.17) is 5.73 Å². The van der Waals surface area contributed by atoms with Crippen LogP contribution in [0.2, 0.25) is 0 Å². The molecule has 1 aromatic heterocycles. The van der Waals surface area contributed by atoms with E-state index >= 15 is 0 Å². The Morgan fingerprint density at radius 2 is 1.75 bits per heavy atom. The van der Waals surface area contributed by atoms with Crippen molar-refractivity contribution in [2.45, 2.75) is 44.2 Å². The van der Waals surface area contributed by atoms with Gasteiger partial charge in [0.05, 0.1) is 16.8 Å². The summed E-state index contributed by atoms with van der Waals surface area (Å²) in [5.41, 5.74) is 7.85. The van der Waals surface area contributed by atoms with Crippen molar-refractivity contribution in [2.24, 2.45) is 17.6 Å². The molecular weight excluding hydrogens is 394 g/mol. The molecule has 2 bridgehead atoms. The lowest BCUT2D eigenvalue weighted by atomic mass is 9.67. The molecule has 4 N–H and O–H groups in total. The van der Waals surface area contributed by atoms with Crippen molar-refractivity contribution < 1.29 is 9.59 Å². The summed E-state index contributed by atoms with van der Waals surface area (Å²) in [6.07, 6.45) is 5.45. The van der Waals surface area contributed by atoms with E-state index < -0.39 is 0 Å². The Morgan fingerprint density at radius 1 is 1.04 bits per heavy atom. The fourth-order valence-electron chi connectivity index (χ4n) is 4.63. The number of hydrogen-bond donors (Lipinski definition) is 3. The SMILES string of the molecule is Cl.NC1CC2CCCC(C1)C2NC(=O)c1ccccc1NC(=O)c1ccsc1. The molecule has 7 heteroatoms. The third-order valence-electron chi connectivity index (χ3n) is 5.88. The van der Waals surface area contributed by atoms with Crippen LogP contribution >= 0.6 is 23.7 Å². The monoisotopic (exact) mass is 419 g/mol. The Balaban J connectivity index is 0.00000225. The van der Waals surface area contributed by atoms with E-state index in [1.54, 1.807) is 23.6 Å². The van der Waals surface area contributed by atoms with E-state index in [0.717, 1.165) is 25.7 Å². The van der Waals surface area contributed by atoms with E-state index in [0.29, 0.717) is 28.7 Å². The number of carbonyl (C=O) groups is 2. The lowest BCUT2D eigenvalue weighted by Gasteiger charge is -2.45. The maximum Gasteiger partial charge on any atom is 0.256 e. The maximum absolute atomic E-state index is 13.0. The van der Waals surface area contributed by atoms with Gasteiger partial charge in [0, 0.05) is 17.5 Å². The molecule has 1 aromatic carbocycles. The van der Waals surface area contributed by atoms with Crippen LogP contribution in [-0.4, -0.2) is 23.9 Å². The predicted molar refractivity (Wildman–Crippen MR) is 115 cm³/mol. The van der Waals surface area contributed by atoms with Gasteiger partial charge in [0.2, 0.25) is 0 Å². The summed E-state index contributed by atoms with van der Waals surface area (Å²) in [6.45, 7) is 0. The van der Waals surface area contributed by atoms with Crippen molar-refractivity contribution in [3.63, 3.8) is 0 Å². The lowest BCUT2D eigenvalue weighted by molar-refractivity contribution is 0.0757. The summed E-state index contributed by atoms with van der Waals surface area (Å²) in [7, 11) is 0. The highest BCUT2D eigenvalue weighted by Gasteiger charge is 2.40. The largest absolute Gasteiger partial charge is 0.349 e. The Labute approximate surface area is 175 Å². The van der Waals surface area contributed by atoms with Crippen LogP contribution in [0.25, 0.3) is 0 Å². The van der Waals surface area contributed by atoms with Crippen molar-refractivity contribution in [1.82, 2.24) is 5.32 Å². The Hall–Kier alpha value is -1.89. The molecule has 2 fully saturated rings. The Morgan fingerprint density at radius 3 is 2.43 bits per heavy atom. The van der Waals surface area contributed by atoms with Gasteiger partial charge in [0.15, 0.2) is 0 Å². The zero-order valence-corrected chi connectivity index (χ0v) is 17.2. The maximum atomic E-state index is 13.0. The molecule has 4 rings (SSSR count). The molecule has 0 saturated heterocycles. The van der Waals surface area contributed by atoms with Crippen LogP contribution in [0.1, 0.15) is 52.8 Å². The quantitative estimate of drug-likeness (QED) is 0.698. The molecule has 0 radical (unpaired) electrons. The highest BCUT2D eigenvalue weighted by molar-refractivity contribution is 7.08. The number of halogens is 1. The molecular formula is C21H26ClN3O2S. The van der Waals surface area contributed by atoms with Gasteiger partial charge in [-0.05, 0) is 61.1 Å². The smallest absolute Gasteiger partial charge is 0.256 e. The number of benzene rings is 1. The molecule has 150 valence electrons. The van der Waals surface area contributed by atoms with Gasteiger partial charge >= 0.3 is 0 Å². The first-order chi connectivity index (χ1) is 13.1. The van der Waals surface area contributed by atoms with Crippen LogP contribution in [0.3, 0.4) is 0 Å². The third-order valence-corrected chi connectivity index (χ3v) is 6.56. The number of fused-ring (bicyclic) bond motifs is 2. The van der Waals surface area contributed by atoms with Crippen LogP contribution < -0.4 is 16.4 Å². The zero-order valence-electron chi connectivity index (χ0n) is 15.6. The zero-order chi connectivity index (χ0) is 18.8. The molecule has 1 heterocycles. The van der Waals surface area contributed by atoms with Crippen molar-refractivity contribution >= 4 is 41.2 Å². The molecule has 2 aliphatic rings. The number of anilines is 1. The number of rotatable bonds is 4. The van der Waals surface area contributed by atoms with Gasteiger partial charge in [0.25, 0.3) is 11.8 Å². The van der Waals surface area contributed by atoms with Crippen molar-refractivity contribution in [1.29, 1.82) is 0 Å². The number of hydrogen-bond acceptors (Lipinski definition) is 4. The first-order valence-electron chi connectivity index (χ1n) is 9.61. The molecule has 2 aromatic rings. The fraction of sp³-hybridized carbons (Fsp3) is 0.429. The standard InChI is InChI=1S/C21H25N3O2S.ClH/c22-16-10-13-4-3-5-14(11-16)19(13)24-21(26)17-6-1-2-7-18(17)23-20(25)15-8-9-27-12-15;/h1-2,6-9,12-14,16,19H,3-5,10-11,22H2,(H,23,25)(H,24,26);1H. The Bertz CT molecular complexity index is 813. The predicted octanol–water partition coefficient (Wildman–Crippen LogP) is 4.06. The summed E-state index contributed by atoms with van der Waals surface area (Å²) in [4.78, 5) is 25.4. The van der Waals surface area contributed by atoms with Crippen LogP contribution in [0.5, 0.6) is 0 Å². The summed E-state index contributed by atoms with van der Waals surface area (Å²) in [5.74, 6) is 0.610. The fourth-order valence-corrected chi connectivity index (χ4v) is 5.27. The summed E-state index contributed by atoms with van der Waals surface area (Å²) >= 11 is 1.47. The van der Waals surface area contributed by atoms with Gasteiger partial charge in [-0.25, -0.2) is 0 Å². The molecule has 0 spiro atoms. The minimum atomic E-state index is -0.197. The summed E-state index contributed by atoms with van der Waals surface area (Å²) < 4.78 is 0. The van der Waals surface area contributed by atoms with E-state index in [-0.39, 0.29) is 36.3 Å². The molecule has 2 unspecified atom stereocenters. The Kier molecular flexibility index (Phi) is 6.75. The van der Waals surface area contributed by atoms with E-state index in [1.165, 1.54) is 17.8 Å². The second-order valence-corrected chi connectivity index (χ2v) is 8.47. The molecule has 28 heavy (non-hydrogen) atoms. The second-order valence-electron chi connectivity index (χ2n) is 7.69. The minimum Gasteiger partial charge on any atom is -0.349 e. The molecule has 2 aliphatic carbocycles. The molecule has 5 nitrogen and oxygen atoms in total. The summed E-state index contributed by atoms with van der Waals surface area (Å²) in [6, 6.07) is 9.41. The average Bonchev–Trinajstić information content (AvgIpc) is 3.18. The number of para-hydroxylation sites is 1. The average molecular weight is 420 g/mol. The van der Waals surface area contributed by atoms with Crippen LogP contribution in [0.15, 0.2) is 41.1 Å². The van der Waals surface area contributed by atoms with Crippen LogP contribution in [-0.2, 0) is 0 Å². The molecule has 0 aliphatic heterocycles. The lowest BCUT2D eigenvalue weighted by Crippen LogP contribution is -2.53. The number of nitrogens with one attached hydrogen (secondary N) is 2. The van der Waals surface area contributed by atoms with Gasteiger partial charge in [-0.1, -0.05) is 18.6 Å². The van der Waals surface area contributed by atoms with E-state index in [9.17, 15) is 9.59 Å². The highest BCUT2D eigenvalue weighted by Crippen LogP contribution is 2.39. The van der Waals surface area contributed by atoms with E-state index in [2.05, 4.69) is 10.6 Å². The molecule has 2 atom stereocenters. The van der Waals surface area contributed by atoms with Gasteiger partial charge in [-0.15, -0.1) is 12.4 Å². The first kappa shape index (κ1) is 20.8. The minimum absolute atomic E-state index is 0. The summed E-state index contributed by atoms with van der Waals surface area (Å²) in [5, 5.41) is 9.80. The van der Waals surface area contributed by atoms with Crippen molar-refractivity contribution in [3.8, 4) is 0 Å². The highest BCUT2D eigenvalue weighted by atomic mass is 35.5. The van der Waals surface area contributed by atoms with Crippen LogP contribution in [0.4, 0.5) is 5.69 Å². The molecule has 2 saturated carbocycles. The third kappa shape index (κ3) is 4.40. The number of carbonyl (C=O) groups excluding carboxylic acids is 2. The first-order valence-corrected chi connectivity index (χ1v) is 10.5. The number of thiophene rings is 1. The van der Waals surface area contributed by atoms with Gasteiger partial charge < -0.3 is 16.4 Å². The van der Waals surface area contributed by atoms with Gasteiger partial charge in [0.1, 0.15) is 0 Å². The van der Waals surface area contributed by atoms with Gasteiger partial charge in [-0.3, -0.25) is 9.59 Å². The number of amides is 2. The number of nitrogens with two attached hydrogens (primary N) is 1. The second kappa shape index (κ2) is 9.07. The van der Waals surface area contributed by atoms with Crippen LogP contribution in [0, 0.1) is 11.8 Å². The normalized spacial score (nSPS) is 26.0. The van der Waals surface area contributed by atoms with Gasteiger partial charge in [-0.2, -0.15) is 11.3 Å².